The van der Waals surface area contributed by atoms with Crippen molar-refractivity contribution in [2.75, 3.05) is 47.8 Å². The van der Waals surface area contributed by atoms with Crippen LogP contribution in [-0.2, 0) is 12.8 Å². The minimum atomic E-state index is 1.14. The summed E-state index contributed by atoms with van der Waals surface area (Å²) in [7, 11) is 8.71. The van der Waals surface area contributed by atoms with Crippen molar-refractivity contribution in [1.82, 2.24) is 0 Å². The van der Waals surface area contributed by atoms with Crippen LogP contribution in [0, 0.1) is 0 Å². The highest BCUT2D eigenvalue weighted by Gasteiger charge is 2.24. The van der Waals surface area contributed by atoms with E-state index in [2.05, 4.69) is 133 Å². The Labute approximate surface area is 227 Å². The highest BCUT2D eigenvalue weighted by atomic mass is 15.2. The second-order valence-corrected chi connectivity index (χ2v) is 10.8. The Morgan fingerprint density at radius 1 is 0.368 bits per heavy atom. The van der Waals surface area contributed by atoms with E-state index in [9.17, 15) is 0 Å². The number of nitrogens with zero attached hydrogens (tertiary/aromatic N) is 4. The molecular weight excluding hydrogens is 464 g/mol. The summed E-state index contributed by atoms with van der Waals surface area (Å²) in [4.78, 5) is 9.29. The molecule has 0 radical (unpaired) electrons. The molecule has 0 amide bonds. The molecule has 0 bridgehead atoms. The van der Waals surface area contributed by atoms with Gasteiger partial charge in [-0.05, 0) is 85.3 Å². The fourth-order valence-corrected chi connectivity index (χ4v) is 6.15. The van der Waals surface area contributed by atoms with Gasteiger partial charge in [0.05, 0.1) is 45.5 Å². The summed E-state index contributed by atoms with van der Waals surface area (Å²) in [5, 5.41) is 0. The zero-order chi connectivity index (χ0) is 26.2. The lowest BCUT2D eigenvalue weighted by atomic mass is 10.00. The first-order valence-electron chi connectivity index (χ1n) is 13.9. The first-order valence-corrected chi connectivity index (χ1v) is 13.9. The SMILES string of the molecule is CN1c2ccccc2N(C)c2cc(CCCCCCc3ccc4c(c3)N(C)c3ccccc3N4C)ccc21. The second-order valence-electron chi connectivity index (χ2n) is 10.8. The fourth-order valence-electron chi connectivity index (χ4n) is 6.15. The van der Waals surface area contributed by atoms with Gasteiger partial charge in [-0.2, -0.15) is 0 Å². The van der Waals surface area contributed by atoms with E-state index in [0.29, 0.717) is 0 Å². The maximum Gasteiger partial charge on any atom is 0.0652 e. The molecule has 4 nitrogen and oxygen atoms in total. The van der Waals surface area contributed by atoms with Gasteiger partial charge in [0, 0.05) is 28.2 Å². The van der Waals surface area contributed by atoms with E-state index in [1.54, 1.807) is 0 Å². The third-order valence-electron chi connectivity index (χ3n) is 8.41. The molecular formula is C34H38N4. The second kappa shape index (κ2) is 10.1. The van der Waals surface area contributed by atoms with Crippen LogP contribution < -0.4 is 19.6 Å². The number of fused-ring (bicyclic) bond motifs is 4. The van der Waals surface area contributed by atoms with Gasteiger partial charge < -0.3 is 19.6 Å². The van der Waals surface area contributed by atoms with Gasteiger partial charge in [-0.3, -0.25) is 0 Å². The number of unbranched alkanes of at least 4 members (excludes halogenated alkanes) is 3. The average Bonchev–Trinajstić information content (AvgIpc) is 2.96. The quantitative estimate of drug-likeness (QED) is 0.234. The van der Waals surface area contributed by atoms with Gasteiger partial charge in [0.15, 0.2) is 0 Å². The highest BCUT2D eigenvalue weighted by Crippen LogP contribution is 2.47. The van der Waals surface area contributed by atoms with Crippen LogP contribution in [0.25, 0.3) is 0 Å². The van der Waals surface area contributed by atoms with Gasteiger partial charge in [0.2, 0.25) is 0 Å². The van der Waals surface area contributed by atoms with Crippen molar-refractivity contribution in [2.24, 2.45) is 0 Å². The summed E-state index contributed by atoms with van der Waals surface area (Å²) < 4.78 is 0. The van der Waals surface area contributed by atoms with Crippen LogP contribution in [-0.4, -0.2) is 28.2 Å². The maximum absolute atomic E-state index is 2.39. The largest absolute Gasteiger partial charge is 0.341 e. The molecule has 0 spiro atoms. The Morgan fingerprint density at radius 2 is 0.684 bits per heavy atom. The van der Waals surface area contributed by atoms with Gasteiger partial charge in [0.25, 0.3) is 0 Å². The molecule has 0 saturated heterocycles. The molecule has 38 heavy (non-hydrogen) atoms. The van der Waals surface area contributed by atoms with E-state index in [1.165, 1.54) is 82.3 Å². The predicted octanol–water partition coefficient (Wildman–Crippen LogP) is 8.73. The lowest BCUT2D eigenvalue weighted by Gasteiger charge is -2.36. The summed E-state index contributed by atoms with van der Waals surface area (Å²) in [5.74, 6) is 0. The molecule has 0 aromatic heterocycles. The Morgan fingerprint density at radius 3 is 1.05 bits per heavy atom. The summed E-state index contributed by atoms with van der Waals surface area (Å²) in [5.41, 5.74) is 13.1. The molecule has 0 atom stereocenters. The Hall–Kier alpha value is -3.92. The molecule has 0 fully saturated rings. The number of anilines is 8. The van der Waals surface area contributed by atoms with Crippen LogP contribution in [0.3, 0.4) is 0 Å². The number of rotatable bonds is 7. The molecule has 0 N–H and O–H groups in total. The lowest BCUT2D eigenvalue weighted by Crippen LogP contribution is -2.24. The minimum Gasteiger partial charge on any atom is -0.341 e. The molecule has 2 heterocycles. The van der Waals surface area contributed by atoms with Crippen LogP contribution in [0.2, 0.25) is 0 Å². The molecule has 6 rings (SSSR count). The third-order valence-corrected chi connectivity index (χ3v) is 8.41. The van der Waals surface area contributed by atoms with Crippen molar-refractivity contribution in [1.29, 1.82) is 0 Å². The fraction of sp³-hybridized carbons (Fsp3) is 0.294. The van der Waals surface area contributed by atoms with Crippen molar-refractivity contribution in [3.05, 3.63) is 96.1 Å². The number of aryl methyl sites for hydroxylation is 2. The van der Waals surface area contributed by atoms with Crippen LogP contribution >= 0.6 is 0 Å². The average molecular weight is 503 g/mol. The molecule has 4 heteroatoms. The monoisotopic (exact) mass is 502 g/mol. The Balaban J connectivity index is 1.02. The number of hydrogen-bond acceptors (Lipinski definition) is 4. The highest BCUT2D eigenvalue weighted by molar-refractivity contribution is 5.93. The molecule has 4 aromatic carbocycles. The van der Waals surface area contributed by atoms with Gasteiger partial charge >= 0.3 is 0 Å². The number of hydrogen-bond donors (Lipinski definition) is 0. The van der Waals surface area contributed by atoms with E-state index in [4.69, 9.17) is 0 Å². The topological polar surface area (TPSA) is 13.0 Å². The van der Waals surface area contributed by atoms with E-state index in [0.717, 1.165) is 12.8 Å². The van der Waals surface area contributed by atoms with Crippen LogP contribution in [0.4, 0.5) is 45.5 Å². The van der Waals surface area contributed by atoms with Crippen LogP contribution in [0.5, 0.6) is 0 Å². The Bertz CT molecular complexity index is 1350. The normalized spacial score (nSPS) is 13.7. The zero-order valence-corrected chi connectivity index (χ0v) is 23.1. The molecule has 2 aliphatic rings. The Kier molecular flexibility index (Phi) is 6.49. The van der Waals surface area contributed by atoms with Gasteiger partial charge in [-0.15, -0.1) is 0 Å². The smallest absolute Gasteiger partial charge is 0.0652 e. The van der Waals surface area contributed by atoms with Crippen LogP contribution in [0.15, 0.2) is 84.9 Å². The maximum atomic E-state index is 2.39. The third kappa shape index (κ3) is 4.28. The molecule has 0 saturated carbocycles. The standard InChI is InChI=1S/C34H38N4/c1-35-27-15-9-11-17-29(27)37(3)33-23-25(19-21-31(33)35)13-7-5-6-8-14-26-20-22-32-34(24-26)38(4)30-18-12-10-16-28(30)36(32)2/h9-12,15-24H,5-8,13-14H2,1-4H3. The van der Waals surface area contributed by atoms with Crippen molar-refractivity contribution in [2.45, 2.75) is 38.5 Å². The van der Waals surface area contributed by atoms with Crippen LogP contribution in [0.1, 0.15) is 36.8 Å². The first kappa shape index (κ1) is 24.4. The predicted molar refractivity (Wildman–Crippen MR) is 164 cm³/mol. The summed E-state index contributed by atoms with van der Waals surface area (Å²) in [6.45, 7) is 0. The van der Waals surface area contributed by atoms with Crippen molar-refractivity contribution >= 4 is 45.5 Å². The molecule has 0 unspecified atom stereocenters. The molecule has 4 aromatic rings. The lowest BCUT2D eigenvalue weighted by molar-refractivity contribution is 0.640. The van der Waals surface area contributed by atoms with Crippen molar-refractivity contribution in [3.63, 3.8) is 0 Å². The van der Waals surface area contributed by atoms with Gasteiger partial charge in [0.1, 0.15) is 0 Å². The number of benzene rings is 4. The minimum absolute atomic E-state index is 1.14. The zero-order valence-electron chi connectivity index (χ0n) is 23.1. The van der Waals surface area contributed by atoms with E-state index in [-0.39, 0.29) is 0 Å². The number of para-hydroxylation sites is 4. The molecule has 194 valence electrons. The molecule has 0 aliphatic carbocycles. The van der Waals surface area contributed by atoms with Crippen molar-refractivity contribution in [3.8, 4) is 0 Å². The summed E-state index contributed by atoms with van der Waals surface area (Å²) in [6.07, 6.45) is 7.31. The molecule has 2 aliphatic heterocycles. The summed E-state index contributed by atoms with van der Waals surface area (Å²) >= 11 is 0. The van der Waals surface area contributed by atoms with E-state index >= 15 is 0 Å². The van der Waals surface area contributed by atoms with Gasteiger partial charge in [-0.25, -0.2) is 0 Å². The first-order chi connectivity index (χ1) is 18.5. The van der Waals surface area contributed by atoms with E-state index < -0.39 is 0 Å². The van der Waals surface area contributed by atoms with E-state index in [1.807, 2.05) is 0 Å². The summed E-state index contributed by atoms with van der Waals surface area (Å²) in [6, 6.07) is 31.3. The van der Waals surface area contributed by atoms with Crippen molar-refractivity contribution < 1.29 is 0 Å². The van der Waals surface area contributed by atoms with Gasteiger partial charge in [-0.1, -0.05) is 49.2 Å².